The van der Waals surface area contributed by atoms with E-state index in [0.29, 0.717) is 11.3 Å². The molecule has 1 rings (SSSR count). The van der Waals surface area contributed by atoms with Crippen LogP contribution in [0.3, 0.4) is 0 Å². The topological polar surface area (TPSA) is 26.3 Å². The number of methoxy groups -OCH3 is 1. The predicted molar refractivity (Wildman–Crippen MR) is 50.0 cm³/mol. The molecule has 64 valence electrons. The van der Waals surface area contributed by atoms with Gasteiger partial charge in [-0.25, -0.2) is 0 Å². The summed E-state index contributed by atoms with van der Waals surface area (Å²) in [6, 6.07) is 5.16. The fraction of sp³-hybridized carbons (Fsp3) is 0.125. The van der Waals surface area contributed by atoms with E-state index in [9.17, 15) is 4.79 Å². The van der Waals surface area contributed by atoms with E-state index in [1.54, 1.807) is 25.3 Å². The standard InChI is InChI=1S/C8H7ClO2Se/c1-11-5-2-3-7(12)6(4-5)8(9)10/h2-4,12H,1H3. The Kier molecular flexibility index (Phi) is 3.15. The van der Waals surface area contributed by atoms with Crippen molar-refractivity contribution in [2.45, 2.75) is 0 Å². The van der Waals surface area contributed by atoms with E-state index in [4.69, 9.17) is 16.3 Å². The quantitative estimate of drug-likeness (QED) is 0.567. The van der Waals surface area contributed by atoms with Gasteiger partial charge >= 0.3 is 83.5 Å². The molecule has 0 bridgehead atoms. The maximum absolute atomic E-state index is 10.8. The van der Waals surface area contributed by atoms with Crippen molar-refractivity contribution < 1.29 is 9.53 Å². The molecule has 0 heterocycles. The van der Waals surface area contributed by atoms with Crippen LogP contribution in [0.15, 0.2) is 18.2 Å². The predicted octanol–water partition coefficient (Wildman–Crippen LogP) is 0.600. The molecule has 0 N–H and O–H groups in total. The van der Waals surface area contributed by atoms with Crippen molar-refractivity contribution in [3.63, 3.8) is 0 Å². The van der Waals surface area contributed by atoms with E-state index in [2.05, 4.69) is 16.0 Å². The molecule has 0 aliphatic carbocycles. The summed E-state index contributed by atoms with van der Waals surface area (Å²) in [5, 5.41) is -0.468. The van der Waals surface area contributed by atoms with Crippen molar-refractivity contribution in [3.8, 4) is 5.75 Å². The third kappa shape index (κ3) is 2.01. The van der Waals surface area contributed by atoms with Gasteiger partial charge in [-0.05, 0) is 0 Å². The summed E-state index contributed by atoms with van der Waals surface area (Å²) in [4.78, 5) is 10.8. The van der Waals surface area contributed by atoms with Crippen molar-refractivity contribution in [1.29, 1.82) is 0 Å². The number of hydrogen-bond acceptors (Lipinski definition) is 2. The van der Waals surface area contributed by atoms with E-state index >= 15 is 0 Å². The number of halogens is 1. The molecule has 0 fully saturated rings. The second kappa shape index (κ2) is 3.94. The summed E-state index contributed by atoms with van der Waals surface area (Å²) in [5.41, 5.74) is 0.469. The Labute approximate surface area is 83.7 Å². The van der Waals surface area contributed by atoms with Gasteiger partial charge in [0.1, 0.15) is 0 Å². The molecule has 0 saturated heterocycles. The summed E-state index contributed by atoms with van der Waals surface area (Å²) < 4.78 is 5.74. The molecule has 2 nitrogen and oxygen atoms in total. The average Bonchev–Trinajstić information content (AvgIpc) is 2.05. The Morgan fingerprint density at radius 1 is 1.58 bits per heavy atom. The van der Waals surface area contributed by atoms with Gasteiger partial charge in [0, 0.05) is 0 Å². The number of carbonyl (C=O) groups is 1. The van der Waals surface area contributed by atoms with Crippen molar-refractivity contribution in [1.82, 2.24) is 0 Å². The van der Waals surface area contributed by atoms with Crippen LogP contribution < -0.4 is 9.20 Å². The molecule has 0 atom stereocenters. The monoisotopic (exact) mass is 250 g/mol. The van der Waals surface area contributed by atoms with Crippen LogP contribution in [-0.4, -0.2) is 28.4 Å². The average molecular weight is 250 g/mol. The molecule has 0 radical (unpaired) electrons. The molecular weight excluding hydrogens is 242 g/mol. The molecule has 0 amide bonds. The Balaban J connectivity index is 3.17. The molecule has 0 aliphatic heterocycles. The zero-order chi connectivity index (χ0) is 9.14. The SMILES string of the molecule is COc1ccc([SeH])c(C(=O)Cl)c1. The molecule has 4 heteroatoms. The summed E-state index contributed by atoms with van der Waals surface area (Å²) in [6.45, 7) is 0. The van der Waals surface area contributed by atoms with Gasteiger partial charge in [-0.3, -0.25) is 0 Å². The normalized spacial score (nSPS) is 9.58. The zero-order valence-electron chi connectivity index (χ0n) is 6.37. The number of ether oxygens (including phenoxy) is 1. The molecule has 0 saturated carbocycles. The third-order valence-corrected chi connectivity index (χ3v) is 2.44. The van der Waals surface area contributed by atoms with Crippen LogP contribution in [0.1, 0.15) is 10.4 Å². The third-order valence-electron chi connectivity index (χ3n) is 1.42. The van der Waals surface area contributed by atoms with Gasteiger partial charge in [0.2, 0.25) is 0 Å². The molecule has 0 spiro atoms. The molecule has 0 aromatic heterocycles. The van der Waals surface area contributed by atoms with E-state index in [1.807, 2.05) is 0 Å². The second-order valence-corrected chi connectivity index (χ2v) is 3.51. The van der Waals surface area contributed by atoms with Crippen molar-refractivity contribution in [2.75, 3.05) is 7.11 Å². The number of rotatable bonds is 2. The van der Waals surface area contributed by atoms with E-state index in [-0.39, 0.29) is 0 Å². The van der Waals surface area contributed by atoms with E-state index in [0.717, 1.165) is 4.46 Å². The Morgan fingerprint density at radius 3 is 2.75 bits per heavy atom. The first-order valence-corrected chi connectivity index (χ1v) is 4.53. The van der Waals surface area contributed by atoms with Crippen molar-refractivity contribution >= 4 is 37.3 Å². The molecule has 1 aromatic rings. The van der Waals surface area contributed by atoms with Gasteiger partial charge in [0.05, 0.1) is 0 Å². The number of carbonyl (C=O) groups excluding carboxylic acids is 1. The summed E-state index contributed by atoms with van der Waals surface area (Å²) in [7, 11) is 1.54. The summed E-state index contributed by atoms with van der Waals surface area (Å²) in [5.74, 6) is 0.633. The van der Waals surface area contributed by atoms with Gasteiger partial charge in [0.25, 0.3) is 0 Å². The van der Waals surface area contributed by atoms with Gasteiger partial charge in [-0.2, -0.15) is 0 Å². The van der Waals surface area contributed by atoms with Crippen LogP contribution in [0.25, 0.3) is 0 Å². The van der Waals surface area contributed by atoms with Gasteiger partial charge in [0.15, 0.2) is 0 Å². The van der Waals surface area contributed by atoms with Crippen LogP contribution in [0, 0.1) is 0 Å². The minimum absolute atomic E-state index is 0.468. The summed E-state index contributed by atoms with van der Waals surface area (Å²) in [6.07, 6.45) is 0. The van der Waals surface area contributed by atoms with Crippen LogP contribution in [-0.2, 0) is 0 Å². The molecule has 1 aromatic carbocycles. The zero-order valence-corrected chi connectivity index (χ0v) is 9.01. The van der Waals surface area contributed by atoms with Crippen LogP contribution in [0.2, 0.25) is 0 Å². The van der Waals surface area contributed by atoms with Gasteiger partial charge in [-0.15, -0.1) is 0 Å². The first-order valence-electron chi connectivity index (χ1n) is 3.22. The first kappa shape index (κ1) is 9.59. The molecule has 0 aliphatic rings. The second-order valence-electron chi connectivity index (χ2n) is 2.16. The van der Waals surface area contributed by atoms with Crippen LogP contribution >= 0.6 is 11.6 Å². The Hall–Kier alpha value is -0.501. The van der Waals surface area contributed by atoms with Gasteiger partial charge < -0.3 is 0 Å². The van der Waals surface area contributed by atoms with Crippen LogP contribution in [0.5, 0.6) is 5.75 Å². The van der Waals surface area contributed by atoms with E-state index < -0.39 is 5.24 Å². The Bertz CT molecular complexity index is 312. The number of benzene rings is 1. The van der Waals surface area contributed by atoms with Gasteiger partial charge in [-0.1, -0.05) is 0 Å². The van der Waals surface area contributed by atoms with Crippen LogP contribution in [0.4, 0.5) is 0 Å². The van der Waals surface area contributed by atoms with E-state index in [1.165, 1.54) is 0 Å². The van der Waals surface area contributed by atoms with Crippen molar-refractivity contribution in [2.24, 2.45) is 0 Å². The fourth-order valence-corrected chi connectivity index (χ4v) is 1.60. The number of hydrogen-bond donors (Lipinski definition) is 0. The molecule has 12 heavy (non-hydrogen) atoms. The molecule has 0 unspecified atom stereocenters. The minimum atomic E-state index is -0.468. The Morgan fingerprint density at radius 2 is 2.25 bits per heavy atom. The van der Waals surface area contributed by atoms with Crippen molar-refractivity contribution in [3.05, 3.63) is 23.8 Å². The summed E-state index contributed by atoms with van der Waals surface area (Å²) >= 11 is 7.62. The maximum atomic E-state index is 10.8. The first-order chi connectivity index (χ1) is 5.65. The fourth-order valence-electron chi connectivity index (χ4n) is 0.800. The molecular formula is C8H7ClO2Se.